The monoisotopic (exact) mass is 251 g/mol. The first-order valence-corrected chi connectivity index (χ1v) is 6.15. The Balaban J connectivity index is 2.09. The molecule has 1 heterocycles. The van der Waals surface area contributed by atoms with E-state index >= 15 is 0 Å². The minimum Gasteiger partial charge on any atom is -0.497 e. The van der Waals surface area contributed by atoms with E-state index < -0.39 is 0 Å². The van der Waals surface area contributed by atoms with Crippen LogP contribution in [0.3, 0.4) is 0 Å². The van der Waals surface area contributed by atoms with Gasteiger partial charge in [-0.25, -0.2) is 0 Å². The highest BCUT2D eigenvalue weighted by molar-refractivity contribution is 7.12. The van der Waals surface area contributed by atoms with Crippen LogP contribution in [0.5, 0.6) is 11.5 Å². The smallest absolute Gasteiger partial charge is 0.282 e. The van der Waals surface area contributed by atoms with Crippen LogP contribution in [0.25, 0.3) is 0 Å². The van der Waals surface area contributed by atoms with Crippen LogP contribution < -0.4 is 14.8 Å². The van der Waals surface area contributed by atoms with Crippen molar-refractivity contribution >= 4 is 16.5 Å². The van der Waals surface area contributed by atoms with Gasteiger partial charge in [0.1, 0.15) is 18.0 Å². The summed E-state index contributed by atoms with van der Waals surface area (Å²) in [6, 6.07) is 5.85. The molecule has 90 valence electrons. The molecule has 0 aliphatic heterocycles. The number of hydrogen-bond donors (Lipinski definition) is 1. The third-order valence-electron chi connectivity index (χ3n) is 2.44. The van der Waals surface area contributed by atoms with E-state index in [1.54, 1.807) is 25.6 Å². The maximum absolute atomic E-state index is 5.34. The SMILES string of the molecule is COc1ccc(C[NH2+]c2nccs2)c(OC)c1. The van der Waals surface area contributed by atoms with Gasteiger partial charge in [-0.15, -0.1) is 0 Å². The fraction of sp³-hybridized carbons (Fsp3) is 0.250. The predicted octanol–water partition coefficient (Wildman–Crippen LogP) is 1.56. The molecule has 0 amide bonds. The number of quaternary nitrogens is 1. The molecule has 0 aliphatic rings. The number of rotatable bonds is 5. The van der Waals surface area contributed by atoms with Gasteiger partial charge in [0, 0.05) is 23.2 Å². The lowest BCUT2D eigenvalue weighted by Crippen LogP contribution is -2.76. The molecule has 2 aromatic rings. The van der Waals surface area contributed by atoms with E-state index in [4.69, 9.17) is 9.47 Å². The Hall–Kier alpha value is -1.59. The molecule has 0 fully saturated rings. The Morgan fingerprint density at radius 1 is 1.29 bits per heavy atom. The molecule has 0 radical (unpaired) electrons. The van der Waals surface area contributed by atoms with Gasteiger partial charge in [0.05, 0.1) is 14.2 Å². The van der Waals surface area contributed by atoms with Crippen LogP contribution in [0.4, 0.5) is 5.13 Å². The Labute approximate surface area is 104 Å². The molecular weight excluding hydrogens is 236 g/mol. The van der Waals surface area contributed by atoms with E-state index in [2.05, 4.69) is 10.3 Å². The molecule has 4 nitrogen and oxygen atoms in total. The zero-order valence-corrected chi connectivity index (χ0v) is 10.7. The van der Waals surface area contributed by atoms with Crippen LogP contribution in [0.1, 0.15) is 5.56 Å². The van der Waals surface area contributed by atoms with E-state index in [1.807, 2.05) is 29.8 Å². The van der Waals surface area contributed by atoms with Crippen molar-refractivity contribution < 1.29 is 14.8 Å². The summed E-state index contributed by atoms with van der Waals surface area (Å²) in [5.41, 5.74) is 1.13. The van der Waals surface area contributed by atoms with Gasteiger partial charge in [-0.05, 0) is 12.1 Å². The van der Waals surface area contributed by atoms with Crippen molar-refractivity contribution in [1.82, 2.24) is 4.98 Å². The highest BCUT2D eigenvalue weighted by atomic mass is 32.1. The summed E-state index contributed by atoms with van der Waals surface area (Å²) < 4.78 is 10.5. The van der Waals surface area contributed by atoms with Gasteiger partial charge < -0.3 is 9.47 Å². The lowest BCUT2D eigenvalue weighted by molar-refractivity contribution is -0.588. The molecule has 2 N–H and O–H groups in total. The van der Waals surface area contributed by atoms with Crippen LogP contribution in [-0.2, 0) is 6.54 Å². The average molecular weight is 251 g/mol. The van der Waals surface area contributed by atoms with Crippen molar-refractivity contribution in [3.63, 3.8) is 0 Å². The summed E-state index contributed by atoms with van der Waals surface area (Å²) >= 11 is 1.63. The Morgan fingerprint density at radius 3 is 2.82 bits per heavy atom. The minimum absolute atomic E-state index is 0.805. The van der Waals surface area contributed by atoms with E-state index in [-0.39, 0.29) is 0 Å². The minimum atomic E-state index is 0.805. The van der Waals surface area contributed by atoms with E-state index in [1.165, 1.54) is 0 Å². The van der Waals surface area contributed by atoms with Crippen LogP contribution in [0.2, 0.25) is 0 Å². The van der Waals surface area contributed by atoms with Gasteiger partial charge in [-0.3, -0.25) is 5.32 Å². The number of ether oxygens (including phenoxy) is 2. The second-order valence-electron chi connectivity index (χ2n) is 3.46. The Kier molecular flexibility index (Phi) is 3.95. The summed E-state index contributed by atoms with van der Waals surface area (Å²) in [7, 11) is 3.32. The van der Waals surface area contributed by atoms with Gasteiger partial charge in [0.2, 0.25) is 0 Å². The van der Waals surface area contributed by atoms with Crippen LogP contribution in [0, 0.1) is 0 Å². The van der Waals surface area contributed by atoms with Crippen molar-refractivity contribution in [3.05, 3.63) is 35.3 Å². The summed E-state index contributed by atoms with van der Waals surface area (Å²) in [5.74, 6) is 1.65. The summed E-state index contributed by atoms with van der Waals surface area (Å²) in [5, 5.41) is 5.09. The third kappa shape index (κ3) is 2.95. The lowest BCUT2D eigenvalue weighted by Gasteiger charge is -2.08. The maximum atomic E-state index is 5.34. The molecule has 0 bridgehead atoms. The number of hydrogen-bond acceptors (Lipinski definition) is 4. The van der Waals surface area contributed by atoms with Gasteiger partial charge in [0.25, 0.3) is 5.13 Å². The largest absolute Gasteiger partial charge is 0.497 e. The highest BCUT2D eigenvalue weighted by Gasteiger charge is 2.08. The number of benzene rings is 1. The first-order chi connectivity index (χ1) is 8.33. The molecule has 5 heteroatoms. The molecule has 0 saturated heterocycles. The molecule has 0 saturated carbocycles. The number of methoxy groups -OCH3 is 2. The van der Waals surface area contributed by atoms with E-state index in [0.29, 0.717) is 0 Å². The average Bonchev–Trinajstić information content (AvgIpc) is 2.89. The van der Waals surface area contributed by atoms with E-state index in [0.717, 1.165) is 28.7 Å². The first kappa shape index (κ1) is 11.9. The summed E-state index contributed by atoms with van der Waals surface area (Å²) in [6.45, 7) is 0.806. The van der Waals surface area contributed by atoms with Crippen LogP contribution in [-0.4, -0.2) is 19.2 Å². The number of nitrogens with two attached hydrogens (primary N) is 1. The molecule has 0 aliphatic carbocycles. The predicted molar refractivity (Wildman–Crippen MR) is 66.9 cm³/mol. The van der Waals surface area contributed by atoms with Crippen LogP contribution in [0.15, 0.2) is 29.8 Å². The van der Waals surface area contributed by atoms with Gasteiger partial charge in [-0.1, -0.05) is 11.3 Å². The third-order valence-corrected chi connectivity index (χ3v) is 3.21. The molecule has 17 heavy (non-hydrogen) atoms. The lowest BCUT2D eigenvalue weighted by atomic mass is 10.2. The number of aromatic nitrogens is 1. The number of thiazole rings is 1. The molecule has 0 spiro atoms. The molecule has 0 atom stereocenters. The second kappa shape index (κ2) is 5.65. The van der Waals surface area contributed by atoms with Crippen molar-refractivity contribution in [2.45, 2.75) is 6.54 Å². The zero-order chi connectivity index (χ0) is 12.1. The summed E-state index contributed by atoms with van der Waals surface area (Å²) in [4.78, 5) is 4.22. The normalized spacial score (nSPS) is 10.2. The topological polar surface area (TPSA) is 48.0 Å². The van der Waals surface area contributed by atoms with Crippen molar-refractivity contribution in [1.29, 1.82) is 0 Å². The number of nitrogens with zero attached hydrogens (tertiary/aromatic N) is 1. The molecule has 1 aromatic heterocycles. The second-order valence-corrected chi connectivity index (χ2v) is 4.38. The molecule has 0 unspecified atom stereocenters. The fourth-order valence-electron chi connectivity index (χ4n) is 1.55. The Morgan fingerprint density at radius 2 is 2.18 bits per heavy atom. The maximum Gasteiger partial charge on any atom is 0.282 e. The van der Waals surface area contributed by atoms with Gasteiger partial charge in [0.15, 0.2) is 0 Å². The molecular formula is C12H15N2O2S+. The van der Waals surface area contributed by atoms with E-state index in [9.17, 15) is 0 Å². The quantitative estimate of drug-likeness (QED) is 0.877. The zero-order valence-electron chi connectivity index (χ0n) is 9.84. The standard InChI is InChI=1S/C12H14N2O2S/c1-15-10-4-3-9(11(7-10)16-2)8-14-12-13-5-6-17-12/h3-7H,8H2,1-2H3,(H,13,14)/p+1. The summed E-state index contributed by atoms with van der Waals surface area (Å²) in [6.07, 6.45) is 1.81. The molecule has 1 aromatic carbocycles. The first-order valence-electron chi connectivity index (χ1n) is 5.27. The van der Waals surface area contributed by atoms with Crippen molar-refractivity contribution in [2.24, 2.45) is 0 Å². The highest BCUT2D eigenvalue weighted by Crippen LogP contribution is 2.23. The Bertz CT molecular complexity index is 471. The fourth-order valence-corrected chi connectivity index (χ4v) is 2.12. The van der Waals surface area contributed by atoms with Crippen molar-refractivity contribution in [2.75, 3.05) is 14.2 Å². The molecule has 2 rings (SSSR count). The van der Waals surface area contributed by atoms with Gasteiger partial charge in [-0.2, -0.15) is 4.98 Å². The van der Waals surface area contributed by atoms with Gasteiger partial charge >= 0.3 is 0 Å². The van der Waals surface area contributed by atoms with Crippen molar-refractivity contribution in [3.8, 4) is 11.5 Å². The van der Waals surface area contributed by atoms with Crippen LogP contribution >= 0.6 is 11.3 Å².